The average Bonchev–Trinajstić information content (AvgIpc) is 3.41. The topological polar surface area (TPSA) is 102 Å². The lowest BCUT2D eigenvalue weighted by molar-refractivity contribution is -0.113. The minimum atomic E-state index is -0.261. The van der Waals surface area contributed by atoms with E-state index >= 15 is 0 Å². The number of hydrogen-bond donors (Lipinski definition) is 2. The Morgan fingerprint density at radius 3 is 2.79 bits per heavy atom. The number of anilines is 1. The van der Waals surface area contributed by atoms with Gasteiger partial charge >= 0.3 is 0 Å². The van der Waals surface area contributed by atoms with Gasteiger partial charge in [0.15, 0.2) is 10.3 Å². The van der Waals surface area contributed by atoms with Crippen LogP contribution in [0.3, 0.4) is 0 Å². The van der Waals surface area contributed by atoms with Gasteiger partial charge in [0.05, 0.1) is 24.2 Å². The van der Waals surface area contributed by atoms with Crippen LogP contribution >= 0.6 is 23.1 Å². The molecule has 3 aromatic heterocycles. The summed E-state index contributed by atoms with van der Waals surface area (Å²) < 4.78 is 7.06. The third kappa shape index (κ3) is 4.06. The van der Waals surface area contributed by atoms with E-state index in [1.807, 2.05) is 61.7 Å². The molecular formula is C24H21N5O3S2. The van der Waals surface area contributed by atoms with Gasteiger partial charge in [0.25, 0.3) is 5.56 Å². The lowest BCUT2D eigenvalue weighted by Crippen LogP contribution is -2.23. The highest BCUT2D eigenvalue weighted by molar-refractivity contribution is 7.99. The van der Waals surface area contributed by atoms with Crippen LogP contribution in [0.25, 0.3) is 27.6 Å². The number of nitrogens with zero attached hydrogens (tertiary/aromatic N) is 3. The summed E-state index contributed by atoms with van der Waals surface area (Å²) >= 11 is 2.56. The summed E-state index contributed by atoms with van der Waals surface area (Å²) in [5, 5.41) is 6.47. The van der Waals surface area contributed by atoms with Crippen molar-refractivity contribution in [2.75, 3.05) is 18.2 Å². The summed E-state index contributed by atoms with van der Waals surface area (Å²) in [5.41, 5.74) is 3.91. The van der Waals surface area contributed by atoms with Crippen molar-refractivity contribution in [1.82, 2.24) is 19.5 Å². The van der Waals surface area contributed by atoms with Crippen LogP contribution in [0.5, 0.6) is 5.75 Å². The highest BCUT2D eigenvalue weighted by Gasteiger charge is 2.20. The fourth-order valence-electron chi connectivity index (χ4n) is 3.72. The zero-order valence-corrected chi connectivity index (χ0v) is 20.3. The maximum Gasteiger partial charge on any atom is 0.283 e. The molecule has 0 atom stereocenters. The van der Waals surface area contributed by atoms with E-state index in [9.17, 15) is 9.59 Å². The number of amides is 1. The SMILES string of the molecule is COc1ccc(C)cc1-n1c(SCC(=O)Nc2nc(C)cs2)nc2c([nH]c3ccccc32)c1=O. The normalized spacial score (nSPS) is 11.3. The molecular weight excluding hydrogens is 470 g/mol. The Balaban J connectivity index is 1.63. The number of rotatable bonds is 6. The second-order valence-electron chi connectivity index (χ2n) is 7.74. The van der Waals surface area contributed by atoms with Gasteiger partial charge in [-0.3, -0.25) is 9.59 Å². The van der Waals surface area contributed by atoms with Gasteiger partial charge < -0.3 is 15.0 Å². The Morgan fingerprint density at radius 1 is 1.21 bits per heavy atom. The Labute approximate surface area is 203 Å². The van der Waals surface area contributed by atoms with Crippen molar-refractivity contribution in [1.29, 1.82) is 0 Å². The molecule has 0 aliphatic rings. The van der Waals surface area contributed by atoms with Crippen molar-refractivity contribution < 1.29 is 9.53 Å². The number of para-hydroxylation sites is 1. The Kier molecular flexibility index (Phi) is 5.84. The van der Waals surface area contributed by atoms with Gasteiger partial charge in [0, 0.05) is 16.3 Å². The van der Waals surface area contributed by atoms with Crippen LogP contribution in [0, 0.1) is 13.8 Å². The van der Waals surface area contributed by atoms with E-state index in [0.29, 0.717) is 32.8 Å². The van der Waals surface area contributed by atoms with E-state index in [1.54, 1.807) is 7.11 Å². The first-order valence-electron chi connectivity index (χ1n) is 10.5. The van der Waals surface area contributed by atoms with Gasteiger partial charge in [0.1, 0.15) is 16.8 Å². The van der Waals surface area contributed by atoms with E-state index < -0.39 is 0 Å². The molecule has 3 heterocycles. The molecule has 0 bridgehead atoms. The first-order valence-corrected chi connectivity index (χ1v) is 12.3. The summed E-state index contributed by atoms with van der Waals surface area (Å²) in [6.07, 6.45) is 0. The number of fused-ring (bicyclic) bond motifs is 3. The van der Waals surface area contributed by atoms with Gasteiger partial charge in [0.2, 0.25) is 5.91 Å². The molecule has 0 radical (unpaired) electrons. The molecule has 10 heteroatoms. The number of thiazole rings is 1. The predicted octanol–water partition coefficient (Wildman–Crippen LogP) is 4.68. The summed E-state index contributed by atoms with van der Waals surface area (Å²) in [6, 6.07) is 13.2. The number of carbonyl (C=O) groups is 1. The number of nitrogens with one attached hydrogen (secondary N) is 2. The molecule has 5 rings (SSSR count). The standard InChI is InChI=1S/C24H21N5O3S2/c1-13-8-9-18(32-3)17(10-13)29-22(31)21-20(15-6-4-5-7-16(15)26-21)28-24(29)34-12-19(30)27-23-25-14(2)11-33-23/h4-11,26H,12H2,1-3H3,(H,25,27,30). The zero-order valence-electron chi connectivity index (χ0n) is 18.7. The zero-order chi connectivity index (χ0) is 23.8. The largest absolute Gasteiger partial charge is 0.495 e. The van der Waals surface area contributed by atoms with E-state index in [-0.39, 0.29) is 17.2 Å². The number of ether oxygens (including phenoxy) is 1. The predicted molar refractivity (Wildman–Crippen MR) is 137 cm³/mol. The molecule has 1 amide bonds. The molecule has 0 aliphatic heterocycles. The van der Waals surface area contributed by atoms with Gasteiger partial charge in [-0.15, -0.1) is 11.3 Å². The highest BCUT2D eigenvalue weighted by Crippen LogP contribution is 2.30. The maximum atomic E-state index is 13.8. The highest BCUT2D eigenvalue weighted by atomic mass is 32.2. The van der Waals surface area contributed by atoms with E-state index in [4.69, 9.17) is 9.72 Å². The third-order valence-corrected chi connectivity index (χ3v) is 7.08. The van der Waals surface area contributed by atoms with E-state index in [0.717, 1.165) is 22.2 Å². The monoisotopic (exact) mass is 491 g/mol. The molecule has 0 aliphatic carbocycles. The number of methoxy groups -OCH3 is 1. The number of H-pyrrole nitrogens is 1. The van der Waals surface area contributed by atoms with Crippen LogP contribution in [0.1, 0.15) is 11.3 Å². The van der Waals surface area contributed by atoms with Crippen LogP contribution in [-0.4, -0.2) is 38.3 Å². The fraction of sp³-hybridized carbons (Fsp3) is 0.167. The molecule has 0 fully saturated rings. The van der Waals surface area contributed by atoms with Crippen LogP contribution in [0.15, 0.2) is 57.8 Å². The molecule has 34 heavy (non-hydrogen) atoms. The minimum Gasteiger partial charge on any atom is -0.495 e. The van der Waals surface area contributed by atoms with Crippen LogP contribution < -0.4 is 15.6 Å². The number of aryl methyl sites for hydroxylation is 2. The van der Waals surface area contributed by atoms with Gasteiger partial charge in [-0.2, -0.15) is 0 Å². The minimum absolute atomic E-state index is 0.0626. The smallest absolute Gasteiger partial charge is 0.283 e. The number of carbonyl (C=O) groups excluding carboxylic acids is 1. The molecule has 5 aromatic rings. The maximum absolute atomic E-state index is 13.8. The Morgan fingerprint density at radius 2 is 2.03 bits per heavy atom. The first kappa shape index (κ1) is 22.2. The number of hydrogen-bond acceptors (Lipinski definition) is 7. The molecule has 2 N–H and O–H groups in total. The van der Waals surface area contributed by atoms with Crippen molar-refractivity contribution in [3.8, 4) is 11.4 Å². The van der Waals surface area contributed by atoms with Gasteiger partial charge in [-0.1, -0.05) is 36.0 Å². The molecule has 8 nitrogen and oxygen atoms in total. The van der Waals surface area contributed by atoms with Crippen LogP contribution in [-0.2, 0) is 4.79 Å². The summed E-state index contributed by atoms with van der Waals surface area (Å²) in [7, 11) is 1.56. The van der Waals surface area contributed by atoms with Crippen molar-refractivity contribution >= 4 is 56.1 Å². The van der Waals surface area contributed by atoms with Crippen LogP contribution in [0.4, 0.5) is 5.13 Å². The summed E-state index contributed by atoms with van der Waals surface area (Å²) in [4.78, 5) is 38.7. The molecule has 0 unspecified atom stereocenters. The van der Waals surface area contributed by atoms with Crippen molar-refractivity contribution in [3.63, 3.8) is 0 Å². The van der Waals surface area contributed by atoms with E-state index in [1.165, 1.54) is 27.7 Å². The van der Waals surface area contributed by atoms with Crippen molar-refractivity contribution in [2.45, 2.75) is 19.0 Å². The second kappa shape index (κ2) is 8.96. The van der Waals surface area contributed by atoms with Gasteiger partial charge in [-0.25, -0.2) is 14.5 Å². The van der Waals surface area contributed by atoms with Crippen LogP contribution in [0.2, 0.25) is 0 Å². The number of aromatic nitrogens is 4. The molecule has 0 saturated heterocycles. The molecule has 172 valence electrons. The van der Waals surface area contributed by atoms with Crippen molar-refractivity contribution in [3.05, 3.63) is 69.5 Å². The number of aromatic amines is 1. The third-order valence-electron chi connectivity index (χ3n) is 5.27. The van der Waals surface area contributed by atoms with Crippen molar-refractivity contribution in [2.24, 2.45) is 0 Å². The lowest BCUT2D eigenvalue weighted by Gasteiger charge is -2.15. The molecule has 0 saturated carbocycles. The summed E-state index contributed by atoms with van der Waals surface area (Å²) in [6.45, 7) is 3.81. The first-order chi connectivity index (χ1) is 16.4. The second-order valence-corrected chi connectivity index (χ2v) is 9.54. The van der Waals surface area contributed by atoms with Gasteiger partial charge in [-0.05, 0) is 37.6 Å². The molecule has 0 spiro atoms. The fourth-order valence-corrected chi connectivity index (χ4v) is 5.23. The summed E-state index contributed by atoms with van der Waals surface area (Å²) in [5.74, 6) is 0.373. The lowest BCUT2D eigenvalue weighted by atomic mass is 10.2. The Hall–Kier alpha value is -3.63. The quantitative estimate of drug-likeness (QED) is 0.264. The molecule has 2 aromatic carbocycles. The average molecular weight is 492 g/mol. The number of thioether (sulfide) groups is 1. The Bertz CT molecular complexity index is 1600. The number of benzene rings is 2. The van der Waals surface area contributed by atoms with E-state index in [2.05, 4.69) is 15.3 Å².